The van der Waals surface area contributed by atoms with Gasteiger partial charge in [0.25, 0.3) is 0 Å². The molecule has 1 aromatic carbocycles. The fourth-order valence-corrected chi connectivity index (χ4v) is 1.66. The van der Waals surface area contributed by atoms with E-state index in [1.165, 1.54) is 6.20 Å². The van der Waals surface area contributed by atoms with Crippen molar-refractivity contribution in [2.45, 2.75) is 6.42 Å². The van der Waals surface area contributed by atoms with Gasteiger partial charge in [-0.25, -0.2) is 0 Å². The van der Waals surface area contributed by atoms with E-state index in [0.717, 1.165) is 5.56 Å². The SMILES string of the molecule is N/C(=N/O)c1cc(Oc2ccc(CCO)cc2)ccn1. The van der Waals surface area contributed by atoms with Gasteiger partial charge in [-0.05, 0) is 30.2 Å². The summed E-state index contributed by atoms with van der Waals surface area (Å²) in [6, 6.07) is 10.7. The summed E-state index contributed by atoms with van der Waals surface area (Å²) in [6.07, 6.45) is 2.13. The number of amidine groups is 1. The third-order valence-corrected chi connectivity index (χ3v) is 2.66. The lowest BCUT2D eigenvalue weighted by Crippen LogP contribution is -2.14. The van der Waals surface area contributed by atoms with Crippen molar-refractivity contribution in [3.63, 3.8) is 0 Å². The number of aliphatic hydroxyl groups is 1. The van der Waals surface area contributed by atoms with Gasteiger partial charge in [-0.3, -0.25) is 4.98 Å². The molecule has 0 spiro atoms. The van der Waals surface area contributed by atoms with Gasteiger partial charge < -0.3 is 20.8 Å². The summed E-state index contributed by atoms with van der Waals surface area (Å²) in [5.41, 5.74) is 6.84. The van der Waals surface area contributed by atoms with Crippen LogP contribution in [0.2, 0.25) is 0 Å². The molecular weight excluding hydrogens is 258 g/mol. The number of rotatable bonds is 5. The number of aliphatic hydroxyl groups excluding tert-OH is 1. The number of hydrogen-bond acceptors (Lipinski definition) is 5. The van der Waals surface area contributed by atoms with E-state index >= 15 is 0 Å². The quantitative estimate of drug-likeness (QED) is 0.332. The van der Waals surface area contributed by atoms with Crippen molar-refractivity contribution >= 4 is 5.84 Å². The molecule has 2 aromatic rings. The maximum atomic E-state index is 8.85. The van der Waals surface area contributed by atoms with Crippen LogP contribution < -0.4 is 10.5 Å². The molecule has 0 aliphatic rings. The first-order valence-corrected chi connectivity index (χ1v) is 6.04. The zero-order valence-corrected chi connectivity index (χ0v) is 10.7. The van der Waals surface area contributed by atoms with Crippen LogP contribution in [0, 0.1) is 0 Å². The maximum Gasteiger partial charge on any atom is 0.188 e. The van der Waals surface area contributed by atoms with Gasteiger partial charge in [0.05, 0.1) is 0 Å². The Balaban J connectivity index is 2.13. The molecule has 104 valence electrons. The van der Waals surface area contributed by atoms with Crippen LogP contribution in [0.5, 0.6) is 11.5 Å². The third-order valence-electron chi connectivity index (χ3n) is 2.66. The van der Waals surface area contributed by atoms with Crippen LogP contribution in [-0.2, 0) is 6.42 Å². The molecule has 6 heteroatoms. The van der Waals surface area contributed by atoms with Crippen molar-refractivity contribution in [3.8, 4) is 11.5 Å². The fourth-order valence-electron chi connectivity index (χ4n) is 1.66. The minimum atomic E-state index is -0.0752. The molecule has 0 bridgehead atoms. The summed E-state index contributed by atoms with van der Waals surface area (Å²) in [4.78, 5) is 3.97. The normalized spacial score (nSPS) is 11.3. The van der Waals surface area contributed by atoms with Gasteiger partial charge in [0.15, 0.2) is 5.84 Å². The Morgan fingerprint density at radius 1 is 1.20 bits per heavy atom. The summed E-state index contributed by atoms with van der Waals surface area (Å²) >= 11 is 0. The number of nitrogens with zero attached hydrogens (tertiary/aromatic N) is 2. The number of hydrogen-bond donors (Lipinski definition) is 3. The Morgan fingerprint density at radius 2 is 1.95 bits per heavy atom. The predicted octanol–water partition coefficient (Wildman–Crippen LogP) is 1.50. The van der Waals surface area contributed by atoms with Crippen molar-refractivity contribution in [2.75, 3.05) is 6.61 Å². The molecule has 0 aliphatic carbocycles. The number of aromatic nitrogens is 1. The average Bonchev–Trinajstić information content (AvgIpc) is 2.49. The molecule has 0 aliphatic heterocycles. The smallest absolute Gasteiger partial charge is 0.188 e. The molecule has 0 saturated carbocycles. The summed E-state index contributed by atoms with van der Waals surface area (Å²) in [7, 11) is 0. The minimum absolute atomic E-state index is 0.0752. The molecule has 2 rings (SSSR count). The second-order valence-electron chi connectivity index (χ2n) is 4.08. The second kappa shape index (κ2) is 6.53. The first-order valence-electron chi connectivity index (χ1n) is 6.04. The standard InChI is InChI=1S/C14H15N3O3/c15-14(17-19)13-9-12(5-7-16-13)20-11-3-1-10(2-4-11)6-8-18/h1-5,7,9,18-19H,6,8H2,(H2,15,17). The molecule has 0 saturated heterocycles. The number of pyridine rings is 1. The summed E-state index contributed by atoms with van der Waals surface area (Å²) in [5, 5.41) is 20.4. The van der Waals surface area contributed by atoms with E-state index in [1.807, 2.05) is 24.3 Å². The first kappa shape index (κ1) is 13.8. The monoisotopic (exact) mass is 273 g/mol. The minimum Gasteiger partial charge on any atom is -0.457 e. The molecule has 0 unspecified atom stereocenters. The molecule has 0 radical (unpaired) electrons. The number of ether oxygens (including phenoxy) is 1. The van der Waals surface area contributed by atoms with E-state index in [1.54, 1.807) is 12.1 Å². The van der Waals surface area contributed by atoms with Gasteiger partial charge in [-0.15, -0.1) is 0 Å². The molecule has 20 heavy (non-hydrogen) atoms. The lowest BCUT2D eigenvalue weighted by molar-refractivity contribution is 0.299. The second-order valence-corrected chi connectivity index (χ2v) is 4.08. The van der Waals surface area contributed by atoms with Gasteiger partial charge in [-0.1, -0.05) is 17.3 Å². The molecule has 4 N–H and O–H groups in total. The number of benzene rings is 1. The van der Waals surface area contributed by atoms with Crippen molar-refractivity contribution in [2.24, 2.45) is 10.9 Å². The van der Waals surface area contributed by atoms with Crippen LogP contribution in [0.3, 0.4) is 0 Å². The Hall–Kier alpha value is -2.60. The molecule has 0 fully saturated rings. The van der Waals surface area contributed by atoms with Crippen LogP contribution in [0.4, 0.5) is 0 Å². The fraction of sp³-hybridized carbons (Fsp3) is 0.143. The van der Waals surface area contributed by atoms with Gasteiger partial charge >= 0.3 is 0 Å². The average molecular weight is 273 g/mol. The van der Waals surface area contributed by atoms with E-state index in [0.29, 0.717) is 23.6 Å². The topological polar surface area (TPSA) is 101 Å². The highest BCUT2D eigenvalue weighted by atomic mass is 16.5. The highest BCUT2D eigenvalue weighted by Crippen LogP contribution is 2.21. The molecule has 1 heterocycles. The van der Waals surface area contributed by atoms with Gasteiger partial charge in [0.2, 0.25) is 0 Å². The zero-order valence-electron chi connectivity index (χ0n) is 10.7. The van der Waals surface area contributed by atoms with Gasteiger partial charge in [-0.2, -0.15) is 0 Å². The Labute approximate surface area is 116 Å². The Morgan fingerprint density at radius 3 is 2.60 bits per heavy atom. The van der Waals surface area contributed by atoms with Crippen LogP contribution in [0.1, 0.15) is 11.3 Å². The lowest BCUT2D eigenvalue weighted by atomic mass is 10.1. The largest absolute Gasteiger partial charge is 0.457 e. The maximum absolute atomic E-state index is 8.85. The predicted molar refractivity (Wildman–Crippen MR) is 74.1 cm³/mol. The lowest BCUT2D eigenvalue weighted by Gasteiger charge is -2.07. The van der Waals surface area contributed by atoms with Crippen molar-refractivity contribution in [3.05, 3.63) is 53.9 Å². The number of nitrogens with two attached hydrogens (primary N) is 1. The molecule has 0 amide bonds. The zero-order chi connectivity index (χ0) is 14.4. The van der Waals surface area contributed by atoms with E-state index in [2.05, 4.69) is 10.1 Å². The molecular formula is C14H15N3O3. The van der Waals surface area contributed by atoms with Crippen LogP contribution in [0.15, 0.2) is 47.8 Å². The van der Waals surface area contributed by atoms with Crippen LogP contribution >= 0.6 is 0 Å². The summed E-state index contributed by atoms with van der Waals surface area (Å²) in [5.74, 6) is 1.12. The highest BCUT2D eigenvalue weighted by Gasteiger charge is 2.04. The molecule has 0 atom stereocenters. The van der Waals surface area contributed by atoms with E-state index in [4.69, 9.17) is 20.8 Å². The number of oxime groups is 1. The summed E-state index contributed by atoms with van der Waals surface area (Å²) in [6.45, 7) is 0.119. The molecule has 1 aromatic heterocycles. The third kappa shape index (κ3) is 3.46. The van der Waals surface area contributed by atoms with Crippen LogP contribution in [0.25, 0.3) is 0 Å². The van der Waals surface area contributed by atoms with Crippen molar-refractivity contribution < 1.29 is 15.1 Å². The molecule has 6 nitrogen and oxygen atoms in total. The van der Waals surface area contributed by atoms with E-state index < -0.39 is 0 Å². The Bertz CT molecular complexity index is 597. The van der Waals surface area contributed by atoms with Crippen molar-refractivity contribution in [1.82, 2.24) is 4.98 Å². The summed E-state index contributed by atoms with van der Waals surface area (Å²) < 4.78 is 5.65. The first-order chi connectivity index (χ1) is 9.72. The van der Waals surface area contributed by atoms with E-state index in [-0.39, 0.29) is 12.4 Å². The van der Waals surface area contributed by atoms with Gasteiger partial charge in [0.1, 0.15) is 17.2 Å². The van der Waals surface area contributed by atoms with Crippen molar-refractivity contribution in [1.29, 1.82) is 0 Å². The Kier molecular flexibility index (Phi) is 4.52. The van der Waals surface area contributed by atoms with Gasteiger partial charge in [0, 0.05) is 18.9 Å². The van der Waals surface area contributed by atoms with Crippen LogP contribution in [-0.4, -0.2) is 27.7 Å². The van der Waals surface area contributed by atoms with E-state index in [9.17, 15) is 0 Å². The highest BCUT2D eigenvalue weighted by molar-refractivity contribution is 5.95.